The first-order chi connectivity index (χ1) is 8.83. The van der Waals surface area contributed by atoms with Gasteiger partial charge >= 0.3 is 0 Å². The Labute approximate surface area is 109 Å². The fourth-order valence-corrected chi connectivity index (χ4v) is 2.52. The van der Waals surface area contributed by atoms with Crippen molar-refractivity contribution in [3.63, 3.8) is 0 Å². The van der Waals surface area contributed by atoms with E-state index in [4.69, 9.17) is 15.2 Å². The van der Waals surface area contributed by atoms with Gasteiger partial charge in [0.2, 0.25) is 0 Å². The minimum atomic E-state index is 0.576. The number of rotatable bonds is 2. The lowest BCUT2D eigenvalue weighted by molar-refractivity contribution is 0.297. The first-order valence-electron chi connectivity index (χ1n) is 5.69. The number of fused-ring (bicyclic) bond motifs is 1. The minimum Gasteiger partial charge on any atom is -0.490 e. The highest BCUT2D eigenvalue weighted by atomic mass is 32.2. The van der Waals surface area contributed by atoms with Crippen LogP contribution in [0.4, 0.5) is 5.82 Å². The summed E-state index contributed by atoms with van der Waals surface area (Å²) in [6.45, 7) is 1.39. The molecule has 0 amide bonds. The molecule has 94 valence electrons. The smallest absolute Gasteiger partial charge is 0.162 e. The molecular weight excluding hydrogens is 250 g/mol. The summed E-state index contributed by atoms with van der Waals surface area (Å²) in [6.07, 6.45) is 2.62. The van der Waals surface area contributed by atoms with Gasteiger partial charge in [0.05, 0.1) is 24.3 Å². The van der Waals surface area contributed by atoms with E-state index in [-0.39, 0.29) is 0 Å². The van der Waals surface area contributed by atoms with E-state index >= 15 is 0 Å². The number of nitrogens with zero attached hydrogens (tertiary/aromatic N) is 1. The van der Waals surface area contributed by atoms with Crippen LogP contribution in [0.2, 0.25) is 0 Å². The van der Waals surface area contributed by atoms with Crippen LogP contribution < -0.4 is 15.2 Å². The Morgan fingerprint density at radius 2 is 2.06 bits per heavy atom. The van der Waals surface area contributed by atoms with Crippen molar-refractivity contribution in [3.8, 4) is 11.5 Å². The molecule has 1 aliphatic heterocycles. The van der Waals surface area contributed by atoms with Crippen LogP contribution in [0.15, 0.2) is 34.2 Å². The molecule has 6 heteroatoms. The van der Waals surface area contributed by atoms with Crippen LogP contribution in [0.1, 0.15) is 6.42 Å². The molecule has 2 aromatic rings. The number of hydrogen-bond donors (Lipinski definition) is 2. The van der Waals surface area contributed by atoms with E-state index in [1.165, 1.54) is 0 Å². The summed E-state index contributed by atoms with van der Waals surface area (Å²) in [5.41, 5.74) is 5.76. The third-order valence-corrected chi connectivity index (χ3v) is 3.61. The van der Waals surface area contributed by atoms with Gasteiger partial charge in [0.1, 0.15) is 5.82 Å². The number of hydrogen-bond acceptors (Lipinski definition) is 5. The van der Waals surface area contributed by atoms with Crippen molar-refractivity contribution in [1.82, 2.24) is 10.2 Å². The van der Waals surface area contributed by atoms with E-state index in [1.807, 2.05) is 18.2 Å². The second-order valence-electron chi connectivity index (χ2n) is 3.91. The van der Waals surface area contributed by atoms with Crippen LogP contribution in [0, 0.1) is 0 Å². The average Bonchev–Trinajstić information content (AvgIpc) is 2.65. The summed E-state index contributed by atoms with van der Waals surface area (Å²) in [5, 5.41) is 6.61. The third kappa shape index (κ3) is 2.24. The van der Waals surface area contributed by atoms with E-state index in [0.29, 0.717) is 19.0 Å². The molecular formula is C12H13N3O2S. The lowest BCUT2D eigenvalue weighted by Crippen LogP contribution is -1.97. The predicted octanol–water partition coefficient (Wildman–Crippen LogP) is 2.30. The zero-order valence-corrected chi connectivity index (χ0v) is 10.5. The lowest BCUT2D eigenvalue weighted by atomic mass is 10.3. The molecule has 0 fully saturated rings. The first-order valence-corrected chi connectivity index (χ1v) is 6.51. The second-order valence-corrected chi connectivity index (χ2v) is 5.02. The van der Waals surface area contributed by atoms with Crippen molar-refractivity contribution in [3.05, 3.63) is 24.4 Å². The van der Waals surface area contributed by atoms with E-state index in [0.717, 1.165) is 27.7 Å². The van der Waals surface area contributed by atoms with E-state index in [1.54, 1.807) is 18.0 Å². The van der Waals surface area contributed by atoms with Gasteiger partial charge in [-0.3, -0.25) is 5.10 Å². The van der Waals surface area contributed by atoms with Gasteiger partial charge in [-0.2, -0.15) is 5.10 Å². The number of ether oxygens (including phenoxy) is 2. The van der Waals surface area contributed by atoms with Crippen LogP contribution >= 0.6 is 11.8 Å². The van der Waals surface area contributed by atoms with Gasteiger partial charge in [-0.15, -0.1) is 0 Å². The molecule has 0 atom stereocenters. The molecule has 0 radical (unpaired) electrons. The fourth-order valence-electron chi connectivity index (χ4n) is 1.70. The van der Waals surface area contributed by atoms with E-state index < -0.39 is 0 Å². The fraction of sp³-hybridized carbons (Fsp3) is 0.250. The highest BCUT2D eigenvalue weighted by Crippen LogP contribution is 2.37. The summed E-state index contributed by atoms with van der Waals surface area (Å²) in [5.74, 6) is 2.17. The highest BCUT2D eigenvalue weighted by Gasteiger charge is 2.12. The Hall–Kier alpha value is -1.82. The summed E-state index contributed by atoms with van der Waals surface area (Å²) in [6, 6.07) is 5.89. The number of aromatic amines is 1. The molecule has 0 unspecified atom stereocenters. The van der Waals surface area contributed by atoms with Crippen LogP contribution in [-0.2, 0) is 0 Å². The molecule has 1 aromatic heterocycles. The molecule has 0 spiro atoms. The van der Waals surface area contributed by atoms with Gasteiger partial charge in [0, 0.05) is 11.3 Å². The Bertz CT molecular complexity index is 556. The molecule has 0 aliphatic carbocycles. The van der Waals surface area contributed by atoms with Gasteiger partial charge < -0.3 is 15.2 Å². The van der Waals surface area contributed by atoms with Gasteiger partial charge in [-0.05, 0) is 18.2 Å². The summed E-state index contributed by atoms with van der Waals surface area (Å²) in [4.78, 5) is 1.96. The maximum Gasteiger partial charge on any atom is 0.162 e. The van der Waals surface area contributed by atoms with Crippen molar-refractivity contribution in [2.45, 2.75) is 16.2 Å². The van der Waals surface area contributed by atoms with Crippen LogP contribution in [0.5, 0.6) is 11.5 Å². The van der Waals surface area contributed by atoms with Crippen molar-refractivity contribution in [2.24, 2.45) is 0 Å². The number of nitrogen functional groups attached to an aromatic ring is 1. The molecule has 0 bridgehead atoms. The zero-order valence-electron chi connectivity index (χ0n) is 9.68. The Morgan fingerprint density at radius 1 is 1.22 bits per heavy atom. The van der Waals surface area contributed by atoms with Gasteiger partial charge in [0.15, 0.2) is 11.5 Å². The second kappa shape index (κ2) is 4.81. The SMILES string of the molecule is Nc1[nH]ncc1Sc1ccc2c(c1)OCCCO2. The largest absolute Gasteiger partial charge is 0.490 e. The molecule has 0 saturated carbocycles. The average molecular weight is 263 g/mol. The van der Waals surface area contributed by atoms with Crippen molar-refractivity contribution >= 4 is 17.6 Å². The molecule has 0 saturated heterocycles. The number of nitrogens with two attached hydrogens (primary N) is 1. The van der Waals surface area contributed by atoms with Crippen LogP contribution in [0.3, 0.4) is 0 Å². The Morgan fingerprint density at radius 3 is 2.83 bits per heavy atom. The van der Waals surface area contributed by atoms with Gasteiger partial charge in [-0.1, -0.05) is 11.8 Å². The molecule has 18 heavy (non-hydrogen) atoms. The van der Waals surface area contributed by atoms with Crippen molar-refractivity contribution in [2.75, 3.05) is 18.9 Å². The molecule has 3 N–H and O–H groups in total. The normalized spacial score (nSPS) is 14.2. The standard InChI is InChI=1S/C12H13N3O2S/c13-12-11(7-14-15-12)18-8-2-3-9-10(6-8)17-5-1-4-16-9/h2-3,6-7H,1,4-5H2,(H3,13,14,15). The molecule has 2 heterocycles. The van der Waals surface area contributed by atoms with Crippen molar-refractivity contribution in [1.29, 1.82) is 0 Å². The number of H-pyrrole nitrogens is 1. The maximum atomic E-state index is 5.76. The summed E-state index contributed by atoms with van der Waals surface area (Å²) in [7, 11) is 0. The molecule has 1 aliphatic rings. The molecule has 3 rings (SSSR count). The lowest BCUT2D eigenvalue weighted by Gasteiger charge is -2.08. The first kappa shape index (κ1) is 11.3. The summed E-state index contributed by atoms with van der Waals surface area (Å²) < 4.78 is 11.2. The number of nitrogens with one attached hydrogen (secondary N) is 1. The highest BCUT2D eigenvalue weighted by molar-refractivity contribution is 7.99. The molecule has 5 nitrogen and oxygen atoms in total. The molecule has 1 aromatic carbocycles. The van der Waals surface area contributed by atoms with E-state index in [9.17, 15) is 0 Å². The van der Waals surface area contributed by atoms with Crippen LogP contribution in [-0.4, -0.2) is 23.4 Å². The maximum absolute atomic E-state index is 5.76. The quantitative estimate of drug-likeness (QED) is 0.869. The number of aromatic nitrogens is 2. The van der Waals surface area contributed by atoms with Gasteiger partial charge in [-0.25, -0.2) is 0 Å². The summed E-state index contributed by atoms with van der Waals surface area (Å²) >= 11 is 1.55. The number of anilines is 1. The third-order valence-electron chi connectivity index (χ3n) is 2.58. The van der Waals surface area contributed by atoms with E-state index in [2.05, 4.69) is 10.2 Å². The van der Waals surface area contributed by atoms with Gasteiger partial charge in [0.25, 0.3) is 0 Å². The Kier molecular flexibility index (Phi) is 3.02. The topological polar surface area (TPSA) is 73.2 Å². The van der Waals surface area contributed by atoms with Crippen molar-refractivity contribution < 1.29 is 9.47 Å². The predicted molar refractivity (Wildman–Crippen MR) is 69.2 cm³/mol. The zero-order chi connectivity index (χ0) is 12.4. The minimum absolute atomic E-state index is 0.576. The Balaban J connectivity index is 1.85. The number of benzene rings is 1. The van der Waals surface area contributed by atoms with Crippen LogP contribution in [0.25, 0.3) is 0 Å². The monoisotopic (exact) mass is 263 g/mol.